The van der Waals surface area contributed by atoms with Crippen molar-refractivity contribution < 1.29 is 4.79 Å². The summed E-state index contributed by atoms with van der Waals surface area (Å²) in [6, 6.07) is 8.66. The normalized spacial score (nSPS) is 7.38. The molecule has 1 rings (SSSR count). The van der Waals surface area contributed by atoms with Crippen molar-refractivity contribution in [2.24, 2.45) is 5.73 Å². The molecule has 2 heteroatoms. The van der Waals surface area contributed by atoms with Crippen LogP contribution in [0.25, 0.3) is 0 Å². The predicted octanol–water partition coefficient (Wildman–Crippen LogP) is 1.95. The van der Waals surface area contributed by atoms with Gasteiger partial charge in [-0.2, -0.15) is 0 Å². The van der Waals surface area contributed by atoms with Crippen molar-refractivity contribution in [3.05, 3.63) is 35.4 Å². The molecule has 2 nitrogen and oxygen atoms in total. The minimum absolute atomic E-state index is 1.14. The van der Waals surface area contributed by atoms with Gasteiger partial charge in [0.2, 0.25) is 0 Å². The van der Waals surface area contributed by atoms with E-state index in [2.05, 4.69) is 43.8 Å². The lowest BCUT2D eigenvalue weighted by Crippen LogP contribution is -1.77. The van der Waals surface area contributed by atoms with Gasteiger partial charge in [0.15, 0.2) is 0 Å². The average Bonchev–Trinajstić information content (AvgIpc) is 2.25. The fourth-order valence-electron chi connectivity index (χ4n) is 0.824. The van der Waals surface area contributed by atoms with Gasteiger partial charge in [-0.25, -0.2) is 0 Å². The molecule has 0 radical (unpaired) electrons. The second kappa shape index (κ2) is 10.8. The summed E-state index contributed by atoms with van der Waals surface area (Å²) < 4.78 is 0. The average molecular weight is 181 g/mol. The van der Waals surface area contributed by atoms with Crippen LogP contribution in [0, 0.1) is 6.92 Å². The van der Waals surface area contributed by atoms with E-state index in [1.54, 1.807) is 0 Å². The maximum absolute atomic E-state index is 8.00. The first-order chi connectivity index (χ1) is 6.33. The van der Waals surface area contributed by atoms with Crippen LogP contribution in [-0.2, 0) is 11.2 Å². The highest BCUT2D eigenvalue weighted by Gasteiger charge is 1.84. The highest BCUT2D eigenvalue weighted by atomic mass is 16.1. The van der Waals surface area contributed by atoms with Crippen molar-refractivity contribution in [2.75, 3.05) is 7.05 Å². The molecule has 0 saturated heterocycles. The lowest BCUT2D eigenvalue weighted by Gasteiger charge is -1.94. The zero-order chi connectivity index (χ0) is 10.7. The third kappa shape index (κ3) is 7.22. The predicted molar refractivity (Wildman–Crippen MR) is 57.8 cm³/mol. The minimum Gasteiger partial charge on any atom is -0.333 e. The SMILES string of the molecule is C=O.CCc1ccc(C)cc1.CN. The molecular weight excluding hydrogens is 162 g/mol. The van der Waals surface area contributed by atoms with E-state index < -0.39 is 0 Å². The molecule has 13 heavy (non-hydrogen) atoms. The summed E-state index contributed by atoms with van der Waals surface area (Å²) in [4.78, 5) is 8.00. The van der Waals surface area contributed by atoms with E-state index >= 15 is 0 Å². The largest absolute Gasteiger partial charge is 0.333 e. The Balaban J connectivity index is 0. The third-order valence-corrected chi connectivity index (χ3v) is 1.53. The molecule has 74 valence electrons. The molecule has 0 bridgehead atoms. The van der Waals surface area contributed by atoms with Crippen molar-refractivity contribution >= 4 is 6.79 Å². The Bertz CT molecular complexity index is 194. The van der Waals surface area contributed by atoms with Crippen LogP contribution >= 0.6 is 0 Å². The smallest absolute Gasteiger partial charge is 0.106 e. The van der Waals surface area contributed by atoms with Crippen molar-refractivity contribution in [2.45, 2.75) is 20.3 Å². The van der Waals surface area contributed by atoms with Gasteiger partial charge in [-0.1, -0.05) is 36.8 Å². The summed E-state index contributed by atoms with van der Waals surface area (Å²) in [6.45, 7) is 6.28. The Morgan fingerprint density at radius 3 is 1.85 bits per heavy atom. The molecule has 0 fully saturated rings. The standard InChI is InChI=1S/C9H12.CH5N.CH2O/c1-3-9-6-4-8(2)5-7-9;2*1-2/h4-7H,3H2,1-2H3;2H2,1H3;1H2. The topological polar surface area (TPSA) is 43.1 Å². The van der Waals surface area contributed by atoms with Gasteiger partial charge in [0, 0.05) is 0 Å². The number of carbonyl (C=O) groups excluding carboxylic acids is 1. The number of benzene rings is 1. The number of hydrogen-bond acceptors (Lipinski definition) is 2. The Hall–Kier alpha value is -1.15. The first-order valence-electron chi connectivity index (χ1n) is 4.25. The van der Waals surface area contributed by atoms with Gasteiger partial charge < -0.3 is 10.5 Å². The molecule has 0 unspecified atom stereocenters. The molecule has 0 saturated carbocycles. The van der Waals surface area contributed by atoms with Gasteiger partial charge in [0.1, 0.15) is 6.79 Å². The van der Waals surface area contributed by atoms with E-state index in [1.165, 1.54) is 18.2 Å². The first-order valence-corrected chi connectivity index (χ1v) is 4.25. The van der Waals surface area contributed by atoms with Gasteiger partial charge >= 0.3 is 0 Å². The second-order valence-corrected chi connectivity index (χ2v) is 2.34. The lowest BCUT2D eigenvalue weighted by molar-refractivity contribution is -0.0979. The van der Waals surface area contributed by atoms with Gasteiger partial charge in [-0.3, -0.25) is 0 Å². The van der Waals surface area contributed by atoms with Crippen LogP contribution < -0.4 is 5.73 Å². The van der Waals surface area contributed by atoms with Crippen LogP contribution in [0.1, 0.15) is 18.1 Å². The molecule has 0 atom stereocenters. The highest BCUT2D eigenvalue weighted by molar-refractivity contribution is 5.20. The molecule has 2 N–H and O–H groups in total. The van der Waals surface area contributed by atoms with Crippen molar-refractivity contribution in [1.82, 2.24) is 0 Å². The summed E-state index contributed by atoms with van der Waals surface area (Å²) in [5.74, 6) is 0. The zero-order valence-electron chi connectivity index (χ0n) is 8.71. The Labute approximate surface area is 80.8 Å². The second-order valence-electron chi connectivity index (χ2n) is 2.34. The van der Waals surface area contributed by atoms with Gasteiger partial charge in [-0.15, -0.1) is 0 Å². The number of nitrogens with two attached hydrogens (primary N) is 1. The fourth-order valence-corrected chi connectivity index (χ4v) is 0.824. The fraction of sp³-hybridized carbons (Fsp3) is 0.364. The van der Waals surface area contributed by atoms with Crippen LogP contribution in [0.4, 0.5) is 0 Å². The van der Waals surface area contributed by atoms with Crippen LogP contribution in [0.2, 0.25) is 0 Å². The monoisotopic (exact) mass is 181 g/mol. The third-order valence-electron chi connectivity index (χ3n) is 1.53. The molecule has 0 aliphatic carbocycles. The van der Waals surface area contributed by atoms with Gasteiger partial charge in [-0.05, 0) is 26.0 Å². The van der Waals surface area contributed by atoms with E-state index in [4.69, 9.17) is 4.79 Å². The number of rotatable bonds is 1. The molecule has 0 aliphatic rings. The molecule has 0 spiro atoms. The van der Waals surface area contributed by atoms with Crippen molar-refractivity contribution in [1.29, 1.82) is 0 Å². The lowest BCUT2D eigenvalue weighted by atomic mass is 10.1. The van der Waals surface area contributed by atoms with Gasteiger partial charge in [0.25, 0.3) is 0 Å². The molecular formula is C11H19NO. The number of aryl methyl sites for hydroxylation is 2. The molecule has 0 aliphatic heterocycles. The van der Waals surface area contributed by atoms with Gasteiger partial charge in [0.05, 0.1) is 0 Å². The Morgan fingerprint density at radius 1 is 1.15 bits per heavy atom. The van der Waals surface area contributed by atoms with E-state index in [0.717, 1.165) is 6.42 Å². The first kappa shape index (κ1) is 14.4. The van der Waals surface area contributed by atoms with Crippen LogP contribution in [-0.4, -0.2) is 13.8 Å². The summed E-state index contributed by atoms with van der Waals surface area (Å²) in [5, 5.41) is 0. The maximum Gasteiger partial charge on any atom is 0.106 e. The molecule has 1 aromatic rings. The van der Waals surface area contributed by atoms with E-state index in [9.17, 15) is 0 Å². The summed E-state index contributed by atoms with van der Waals surface area (Å²) in [5.41, 5.74) is 7.26. The molecule has 0 heterocycles. The van der Waals surface area contributed by atoms with Crippen LogP contribution in [0.5, 0.6) is 0 Å². The zero-order valence-corrected chi connectivity index (χ0v) is 8.71. The quantitative estimate of drug-likeness (QED) is 0.719. The van der Waals surface area contributed by atoms with E-state index in [-0.39, 0.29) is 0 Å². The van der Waals surface area contributed by atoms with Crippen molar-refractivity contribution in [3.63, 3.8) is 0 Å². The Kier molecular flexibility index (Phi) is 12.0. The Morgan fingerprint density at radius 2 is 1.54 bits per heavy atom. The number of carbonyl (C=O) groups is 1. The molecule has 0 amide bonds. The van der Waals surface area contributed by atoms with Crippen LogP contribution in [0.15, 0.2) is 24.3 Å². The molecule has 0 aromatic heterocycles. The summed E-state index contributed by atoms with van der Waals surface area (Å²) in [7, 11) is 1.50. The summed E-state index contributed by atoms with van der Waals surface area (Å²) in [6.07, 6.45) is 1.14. The van der Waals surface area contributed by atoms with Crippen molar-refractivity contribution in [3.8, 4) is 0 Å². The van der Waals surface area contributed by atoms with Crippen LogP contribution in [0.3, 0.4) is 0 Å². The van der Waals surface area contributed by atoms with E-state index in [1.807, 2.05) is 6.79 Å². The highest BCUT2D eigenvalue weighted by Crippen LogP contribution is 2.02. The molecule has 1 aromatic carbocycles. The summed E-state index contributed by atoms with van der Waals surface area (Å²) >= 11 is 0. The minimum atomic E-state index is 1.14. The number of hydrogen-bond donors (Lipinski definition) is 1. The maximum atomic E-state index is 8.00. The van der Waals surface area contributed by atoms with E-state index in [0.29, 0.717) is 0 Å².